The number of nitrogens with one attached hydrogen (secondary N) is 2. The molecule has 3 nitrogen and oxygen atoms in total. The van der Waals surface area contributed by atoms with E-state index >= 15 is 0 Å². The Bertz CT molecular complexity index is 479. The first-order valence-corrected chi connectivity index (χ1v) is 5.64. The number of aromatic nitrogens is 2. The van der Waals surface area contributed by atoms with Crippen molar-refractivity contribution >= 4 is 0 Å². The third-order valence-electron chi connectivity index (χ3n) is 2.82. The Kier molecular flexibility index (Phi) is 3.54. The highest BCUT2D eigenvalue weighted by Gasteiger charge is 2.07. The highest BCUT2D eigenvalue weighted by molar-refractivity contribution is 5.24. The van der Waals surface area contributed by atoms with E-state index in [1.54, 1.807) is 12.3 Å². The van der Waals surface area contributed by atoms with Gasteiger partial charge in [0.1, 0.15) is 5.82 Å². The largest absolute Gasteiger partial charge is 0.306 e. The minimum Gasteiger partial charge on any atom is -0.306 e. The fraction of sp³-hybridized carbons (Fsp3) is 0.308. The van der Waals surface area contributed by atoms with Crippen LogP contribution in [0.25, 0.3) is 0 Å². The molecular formula is C13H16FN3. The van der Waals surface area contributed by atoms with Crippen molar-refractivity contribution in [3.05, 3.63) is 53.1 Å². The average Bonchev–Trinajstić information content (AvgIpc) is 2.83. The highest BCUT2D eigenvalue weighted by atomic mass is 19.1. The lowest BCUT2D eigenvalue weighted by molar-refractivity contribution is 0.544. The van der Waals surface area contributed by atoms with Crippen molar-refractivity contribution in [2.75, 3.05) is 0 Å². The maximum Gasteiger partial charge on any atom is 0.127 e. The van der Waals surface area contributed by atoms with Gasteiger partial charge in [-0.25, -0.2) is 4.39 Å². The molecule has 0 fully saturated rings. The normalized spacial score (nSPS) is 12.6. The van der Waals surface area contributed by atoms with Crippen LogP contribution in [0.15, 0.2) is 30.6 Å². The molecule has 0 aliphatic carbocycles. The van der Waals surface area contributed by atoms with Gasteiger partial charge in [0, 0.05) is 29.9 Å². The summed E-state index contributed by atoms with van der Waals surface area (Å²) in [6.07, 6.45) is 3.61. The van der Waals surface area contributed by atoms with Crippen molar-refractivity contribution in [3.8, 4) is 0 Å². The van der Waals surface area contributed by atoms with Crippen LogP contribution in [0.1, 0.15) is 29.7 Å². The number of aryl methyl sites for hydroxylation is 1. The molecule has 0 radical (unpaired) electrons. The van der Waals surface area contributed by atoms with Gasteiger partial charge in [0.2, 0.25) is 0 Å². The summed E-state index contributed by atoms with van der Waals surface area (Å²) in [4.78, 5) is 0. The van der Waals surface area contributed by atoms with Gasteiger partial charge in [-0.05, 0) is 19.9 Å². The molecule has 2 N–H and O–H groups in total. The molecule has 1 aromatic heterocycles. The van der Waals surface area contributed by atoms with Crippen LogP contribution in [0.2, 0.25) is 0 Å². The molecule has 2 rings (SSSR count). The van der Waals surface area contributed by atoms with Crippen LogP contribution in [0, 0.1) is 12.7 Å². The number of benzene rings is 1. The molecule has 1 aromatic carbocycles. The summed E-state index contributed by atoms with van der Waals surface area (Å²) in [5.41, 5.74) is 2.83. The molecule has 1 unspecified atom stereocenters. The summed E-state index contributed by atoms with van der Waals surface area (Å²) in [6.45, 7) is 4.50. The van der Waals surface area contributed by atoms with Crippen LogP contribution >= 0.6 is 0 Å². The van der Waals surface area contributed by atoms with E-state index in [0.29, 0.717) is 12.1 Å². The Morgan fingerprint density at radius 1 is 1.47 bits per heavy atom. The fourth-order valence-corrected chi connectivity index (χ4v) is 1.72. The Labute approximate surface area is 100 Å². The van der Waals surface area contributed by atoms with E-state index in [-0.39, 0.29) is 11.9 Å². The van der Waals surface area contributed by atoms with Crippen molar-refractivity contribution < 1.29 is 4.39 Å². The number of H-pyrrole nitrogens is 1. The summed E-state index contributed by atoms with van der Waals surface area (Å²) in [5, 5.41) is 9.93. The van der Waals surface area contributed by atoms with E-state index in [1.165, 1.54) is 6.07 Å². The Morgan fingerprint density at radius 2 is 2.29 bits per heavy atom. The maximum absolute atomic E-state index is 13.5. The molecule has 0 saturated heterocycles. The number of hydrogen-bond acceptors (Lipinski definition) is 2. The van der Waals surface area contributed by atoms with E-state index in [2.05, 4.69) is 15.5 Å². The Balaban J connectivity index is 2.00. The number of nitrogens with zero attached hydrogens (tertiary/aromatic N) is 1. The standard InChI is InChI=1S/C13H16FN3/c1-9-3-4-13(14)11(5-9)6-15-10(2)12-7-16-17-8-12/h3-5,7-8,10,15H,6H2,1-2H3,(H,16,17). The summed E-state index contributed by atoms with van der Waals surface area (Å²) in [6, 6.07) is 5.30. The van der Waals surface area contributed by atoms with Crippen molar-refractivity contribution in [1.29, 1.82) is 0 Å². The van der Waals surface area contributed by atoms with Crippen LogP contribution < -0.4 is 5.32 Å². The van der Waals surface area contributed by atoms with Crippen LogP contribution in [-0.2, 0) is 6.54 Å². The number of aromatic amines is 1. The second kappa shape index (κ2) is 5.10. The minimum absolute atomic E-state index is 0.147. The molecule has 0 amide bonds. The van der Waals surface area contributed by atoms with Crippen molar-refractivity contribution in [2.24, 2.45) is 0 Å². The van der Waals surface area contributed by atoms with Gasteiger partial charge in [0.15, 0.2) is 0 Å². The highest BCUT2D eigenvalue weighted by Crippen LogP contribution is 2.13. The fourth-order valence-electron chi connectivity index (χ4n) is 1.72. The predicted octanol–water partition coefficient (Wildman–Crippen LogP) is 2.71. The second-order valence-corrected chi connectivity index (χ2v) is 4.23. The first kappa shape index (κ1) is 11.8. The first-order chi connectivity index (χ1) is 8.16. The van der Waals surface area contributed by atoms with Gasteiger partial charge in [0.25, 0.3) is 0 Å². The van der Waals surface area contributed by atoms with Crippen LogP contribution in [0.3, 0.4) is 0 Å². The maximum atomic E-state index is 13.5. The van der Waals surface area contributed by atoms with Crippen molar-refractivity contribution in [1.82, 2.24) is 15.5 Å². The van der Waals surface area contributed by atoms with Gasteiger partial charge in [-0.2, -0.15) is 5.10 Å². The number of halogens is 1. The monoisotopic (exact) mass is 233 g/mol. The lowest BCUT2D eigenvalue weighted by Gasteiger charge is -2.12. The number of rotatable bonds is 4. The molecule has 0 bridgehead atoms. The smallest absolute Gasteiger partial charge is 0.127 e. The van der Waals surface area contributed by atoms with Crippen LogP contribution in [-0.4, -0.2) is 10.2 Å². The molecule has 0 aliphatic heterocycles. The van der Waals surface area contributed by atoms with E-state index in [4.69, 9.17) is 0 Å². The van der Waals surface area contributed by atoms with E-state index < -0.39 is 0 Å². The van der Waals surface area contributed by atoms with Crippen molar-refractivity contribution in [2.45, 2.75) is 26.4 Å². The lowest BCUT2D eigenvalue weighted by Crippen LogP contribution is -2.18. The molecule has 17 heavy (non-hydrogen) atoms. The molecule has 4 heteroatoms. The second-order valence-electron chi connectivity index (χ2n) is 4.23. The lowest BCUT2D eigenvalue weighted by atomic mass is 10.1. The molecule has 2 aromatic rings. The summed E-state index contributed by atoms with van der Waals surface area (Å²) < 4.78 is 13.5. The van der Waals surface area contributed by atoms with Crippen molar-refractivity contribution in [3.63, 3.8) is 0 Å². The molecule has 90 valence electrons. The molecule has 0 aliphatic rings. The summed E-state index contributed by atoms with van der Waals surface area (Å²) in [5.74, 6) is -0.164. The van der Waals surface area contributed by atoms with Gasteiger partial charge >= 0.3 is 0 Å². The Hall–Kier alpha value is -1.68. The quantitative estimate of drug-likeness (QED) is 0.852. The van der Waals surface area contributed by atoms with Gasteiger partial charge in [-0.1, -0.05) is 17.7 Å². The predicted molar refractivity (Wildman–Crippen MR) is 65.0 cm³/mol. The third kappa shape index (κ3) is 2.91. The zero-order valence-electron chi connectivity index (χ0n) is 10.00. The summed E-state index contributed by atoms with van der Waals surface area (Å²) in [7, 11) is 0. The van der Waals surface area contributed by atoms with Gasteiger partial charge in [0.05, 0.1) is 6.20 Å². The molecule has 0 saturated carbocycles. The van der Waals surface area contributed by atoms with Gasteiger partial charge in [-0.3, -0.25) is 5.10 Å². The minimum atomic E-state index is -0.164. The topological polar surface area (TPSA) is 40.7 Å². The van der Waals surface area contributed by atoms with Crippen LogP contribution in [0.4, 0.5) is 4.39 Å². The third-order valence-corrected chi connectivity index (χ3v) is 2.82. The van der Waals surface area contributed by atoms with E-state index in [9.17, 15) is 4.39 Å². The molecular weight excluding hydrogens is 217 g/mol. The van der Waals surface area contributed by atoms with E-state index in [1.807, 2.05) is 26.1 Å². The zero-order chi connectivity index (χ0) is 12.3. The summed E-state index contributed by atoms with van der Waals surface area (Å²) >= 11 is 0. The van der Waals surface area contributed by atoms with Gasteiger partial charge in [-0.15, -0.1) is 0 Å². The average molecular weight is 233 g/mol. The molecule has 0 spiro atoms. The SMILES string of the molecule is Cc1ccc(F)c(CNC(C)c2cn[nH]c2)c1. The number of hydrogen-bond donors (Lipinski definition) is 2. The first-order valence-electron chi connectivity index (χ1n) is 5.64. The van der Waals surface area contributed by atoms with E-state index in [0.717, 1.165) is 11.1 Å². The molecule has 1 atom stereocenters. The zero-order valence-corrected chi connectivity index (χ0v) is 10.00. The van der Waals surface area contributed by atoms with Gasteiger partial charge < -0.3 is 5.32 Å². The van der Waals surface area contributed by atoms with Crippen LogP contribution in [0.5, 0.6) is 0 Å². The Morgan fingerprint density at radius 3 is 3.00 bits per heavy atom. The molecule has 1 heterocycles.